The Labute approximate surface area is 186 Å². The zero-order valence-corrected chi connectivity index (χ0v) is 18.9. The van der Waals surface area contributed by atoms with Crippen LogP contribution in [0.2, 0.25) is 0 Å². The molecule has 1 saturated heterocycles. The lowest BCUT2D eigenvalue weighted by atomic mass is 9.91. The van der Waals surface area contributed by atoms with Crippen molar-refractivity contribution >= 4 is 37.2 Å². The molecule has 1 aliphatic heterocycles. The number of benzene rings is 2. The summed E-state index contributed by atoms with van der Waals surface area (Å²) in [6, 6.07) is 10.2. The number of aliphatic hydroxyl groups is 1. The topological polar surface area (TPSA) is 91.2 Å². The van der Waals surface area contributed by atoms with Gasteiger partial charge in [0.1, 0.15) is 5.82 Å². The number of nitrogens with zero attached hydrogens (tertiary/aromatic N) is 3. The van der Waals surface area contributed by atoms with E-state index in [1.54, 1.807) is 32.2 Å². The number of pyridine rings is 1. The highest BCUT2D eigenvalue weighted by molar-refractivity contribution is 7.93. The fourth-order valence-corrected chi connectivity index (χ4v) is 6.49. The second kappa shape index (κ2) is 7.64. The summed E-state index contributed by atoms with van der Waals surface area (Å²) in [4.78, 5) is 4.85. The van der Waals surface area contributed by atoms with Crippen LogP contribution >= 0.6 is 0 Å². The van der Waals surface area contributed by atoms with E-state index < -0.39 is 15.3 Å². The Kier molecular flexibility index (Phi) is 5.02. The third-order valence-corrected chi connectivity index (χ3v) is 8.14. The number of aromatic amines is 1. The van der Waals surface area contributed by atoms with Crippen molar-refractivity contribution in [2.75, 3.05) is 11.5 Å². The highest BCUT2D eigenvalue weighted by Crippen LogP contribution is 2.39. The summed E-state index contributed by atoms with van der Waals surface area (Å²) < 4.78 is 31.6. The number of fused-ring (bicyclic) bond motifs is 2. The average Bonchev–Trinajstić information content (AvgIpc) is 3.35. The summed E-state index contributed by atoms with van der Waals surface area (Å²) in [6.07, 6.45) is 3.81. The van der Waals surface area contributed by atoms with Crippen molar-refractivity contribution < 1.29 is 13.7 Å². The molecule has 1 aliphatic rings. The molecule has 0 spiro atoms. The number of aromatic nitrogens is 3. The third-order valence-electron chi connectivity index (χ3n) is 5.78. The van der Waals surface area contributed by atoms with Gasteiger partial charge in [-0.25, -0.2) is 13.6 Å². The highest BCUT2D eigenvalue weighted by Gasteiger charge is 2.24. The van der Waals surface area contributed by atoms with Gasteiger partial charge in [-0.15, -0.1) is 0 Å². The number of halogens is 1. The van der Waals surface area contributed by atoms with E-state index in [2.05, 4.69) is 14.6 Å². The van der Waals surface area contributed by atoms with Crippen LogP contribution in [0.25, 0.3) is 32.8 Å². The van der Waals surface area contributed by atoms with Gasteiger partial charge in [-0.1, -0.05) is 12.1 Å². The summed E-state index contributed by atoms with van der Waals surface area (Å²) in [5.41, 5.74) is 2.05. The molecule has 2 N–H and O–H groups in total. The molecule has 8 heteroatoms. The van der Waals surface area contributed by atoms with Crippen molar-refractivity contribution in [1.82, 2.24) is 15.2 Å². The van der Waals surface area contributed by atoms with Crippen molar-refractivity contribution in [2.24, 2.45) is 4.36 Å². The molecule has 0 atom stereocenters. The zero-order chi connectivity index (χ0) is 22.5. The van der Waals surface area contributed by atoms with Gasteiger partial charge in [-0.3, -0.25) is 5.10 Å². The van der Waals surface area contributed by atoms with Crippen LogP contribution in [0.3, 0.4) is 0 Å². The van der Waals surface area contributed by atoms with Crippen molar-refractivity contribution in [3.05, 3.63) is 54.1 Å². The molecule has 0 radical (unpaired) electrons. The molecular formula is C24H25FN4O2S. The molecule has 0 aliphatic carbocycles. The molecule has 3 heterocycles. The number of nitrogens with one attached hydrogen (secondary N) is 1. The van der Waals surface area contributed by atoms with Crippen LogP contribution in [0.5, 0.6) is 0 Å². The van der Waals surface area contributed by atoms with Crippen LogP contribution in [0.15, 0.2) is 47.0 Å². The Bertz CT molecular complexity index is 1430. The van der Waals surface area contributed by atoms with Gasteiger partial charge in [-0.05, 0) is 61.9 Å². The largest absolute Gasteiger partial charge is 0.390 e. The molecule has 0 unspecified atom stereocenters. The Morgan fingerprint density at radius 1 is 1.16 bits per heavy atom. The highest BCUT2D eigenvalue weighted by atomic mass is 32.2. The molecule has 166 valence electrons. The average molecular weight is 453 g/mol. The first-order valence-corrected chi connectivity index (χ1v) is 12.6. The second-order valence-electron chi connectivity index (χ2n) is 9.09. The summed E-state index contributed by atoms with van der Waals surface area (Å²) in [7, 11) is -2.36. The van der Waals surface area contributed by atoms with Crippen molar-refractivity contribution in [1.29, 1.82) is 0 Å². The first-order chi connectivity index (χ1) is 15.2. The van der Waals surface area contributed by atoms with Crippen molar-refractivity contribution in [2.45, 2.75) is 38.7 Å². The van der Waals surface area contributed by atoms with Gasteiger partial charge < -0.3 is 5.11 Å². The van der Waals surface area contributed by atoms with E-state index in [1.165, 1.54) is 12.1 Å². The number of rotatable bonds is 4. The smallest absolute Gasteiger partial charge is 0.169 e. The van der Waals surface area contributed by atoms with Crippen LogP contribution in [-0.4, -0.2) is 41.6 Å². The van der Waals surface area contributed by atoms with Crippen molar-refractivity contribution in [3.63, 3.8) is 0 Å². The summed E-state index contributed by atoms with van der Waals surface area (Å²) in [6.45, 7) is 3.45. The van der Waals surface area contributed by atoms with Crippen LogP contribution in [0.4, 0.5) is 10.2 Å². The molecular weight excluding hydrogens is 427 g/mol. The predicted molar refractivity (Wildman–Crippen MR) is 126 cm³/mol. The Morgan fingerprint density at radius 2 is 1.88 bits per heavy atom. The number of H-pyrrole nitrogens is 1. The van der Waals surface area contributed by atoms with E-state index in [0.29, 0.717) is 23.0 Å². The fraction of sp³-hybridized carbons (Fsp3) is 0.333. The van der Waals surface area contributed by atoms with Gasteiger partial charge in [0.2, 0.25) is 0 Å². The van der Waals surface area contributed by atoms with E-state index in [0.717, 1.165) is 45.6 Å². The molecule has 6 nitrogen and oxygen atoms in total. The SMILES string of the molecule is CC(C)(O)Cc1nc(N=S2(=O)CCCC2)c2cc3[nH]ncc3cc2c1-c1ccc(F)cc1. The molecule has 5 rings (SSSR count). The minimum Gasteiger partial charge on any atom is -0.390 e. The lowest BCUT2D eigenvalue weighted by molar-refractivity contribution is 0.0801. The number of hydrogen-bond donors (Lipinski definition) is 2. The Balaban J connectivity index is 1.89. The summed E-state index contributed by atoms with van der Waals surface area (Å²) in [5.74, 6) is 1.25. The molecule has 32 heavy (non-hydrogen) atoms. The van der Waals surface area contributed by atoms with Crippen LogP contribution in [0.1, 0.15) is 32.4 Å². The first kappa shape index (κ1) is 21.0. The normalized spacial score (nSPS) is 16.1. The third kappa shape index (κ3) is 4.00. The van der Waals surface area contributed by atoms with Gasteiger partial charge in [0.05, 0.1) is 32.7 Å². The van der Waals surface area contributed by atoms with Gasteiger partial charge in [0.15, 0.2) is 5.82 Å². The van der Waals surface area contributed by atoms with Crippen molar-refractivity contribution in [3.8, 4) is 11.1 Å². The van der Waals surface area contributed by atoms with E-state index >= 15 is 0 Å². The van der Waals surface area contributed by atoms with Gasteiger partial charge >= 0.3 is 0 Å². The lowest BCUT2D eigenvalue weighted by Crippen LogP contribution is -2.23. The monoisotopic (exact) mass is 452 g/mol. The summed E-state index contributed by atoms with van der Waals surface area (Å²) >= 11 is 0. The first-order valence-electron chi connectivity index (χ1n) is 10.7. The maximum Gasteiger partial charge on any atom is 0.169 e. The van der Waals surface area contributed by atoms with Gasteiger partial charge in [0.25, 0.3) is 0 Å². The second-order valence-corrected chi connectivity index (χ2v) is 11.6. The molecule has 4 aromatic rings. The molecule has 0 bridgehead atoms. The van der Waals surface area contributed by atoms with E-state index in [9.17, 15) is 13.7 Å². The minimum absolute atomic E-state index is 0.267. The fourth-order valence-electron chi connectivity index (χ4n) is 4.33. The standard InChI is InChI=1S/C24H25FN4O2S/c1-24(2,30)13-21-22(15-5-7-17(25)8-6-15)18-11-16-14-26-28-20(16)12-19(18)23(27-21)29-32(31)9-3-4-10-32/h5-8,11-12,14,30H,3-4,9-10,13H2,1-2H3,(H,26,28). The molecule has 0 amide bonds. The minimum atomic E-state index is -2.36. The van der Waals surface area contributed by atoms with Crippen LogP contribution < -0.4 is 0 Å². The quantitative estimate of drug-likeness (QED) is 0.449. The van der Waals surface area contributed by atoms with Crippen LogP contribution in [-0.2, 0) is 16.1 Å². The van der Waals surface area contributed by atoms with Gasteiger partial charge in [0, 0.05) is 34.3 Å². The molecule has 0 saturated carbocycles. The van der Waals surface area contributed by atoms with E-state index in [4.69, 9.17) is 4.98 Å². The Hall–Kier alpha value is -2.84. The maximum absolute atomic E-state index is 13.7. The van der Waals surface area contributed by atoms with Crippen LogP contribution in [0, 0.1) is 5.82 Å². The Morgan fingerprint density at radius 3 is 2.56 bits per heavy atom. The molecule has 2 aromatic carbocycles. The maximum atomic E-state index is 13.7. The predicted octanol–water partition coefficient (Wildman–Crippen LogP) is 5.12. The van der Waals surface area contributed by atoms with E-state index in [-0.39, 0.29) is 12.2 Å². The lowest BCUT2D eigenvalue weighted by Gasteiger charge is -2.21. The zero-order valence-electron chi connectivity index (χ0n) is 18.1. The summed E-state index contributed by atoms with van der Waals surface area (Å²) in [5, 5.41) is 20.3. The van der Waals surface area contributed by atoms with E-state index in [1.807, 2.05) is 12.1 Å². The van der Waals surface area contributed by atoms with Gasteiger partial charge in [-0.2, -0.15) is 9.46 Å². The number of hydrogen-bond acceptors (Lipinski definition) is 5. The molecule has 2 aromatic heterocycles. The molecule has 1 fully saturated rings.